The zero-order valence-electron chi connectivity index (χ0n) is 8.41. The smallest absolute Gasteiger partial charge is 0.416 e. The summed E-state index contributed by atoms with van der Waals surface area (Å²) >= 11 is 0. The van der Waals surface area contributed by atoms with E-state index in [2.05, 4.69) is 4.74 Å². The minimum Gasteiger partial charge on any atom is -0.468 e. The molecule has 0 saturated carbocycles. The van der Waals surface area contributed by atoms with Crippen LogP contribution >= 0.6 is 0 Å². The molecule has 1 rings (SSSR count). The molecule has 0 fully saturated rings. The van der Waals surface area contributed by atoms with Gasteiger partial charge in [0.05, 0.1) is 12.7 Å². The van der Waals surface area contributed by atoms with Gasteiger partial charge in [0.15, 0.2) is 0 Å². The van der Waals surface area contributed by atoms with Gasteiger partial charge in [-0.15, -0.1) is 0 Å². The van der Waals surface area contributed by atoms with Crippen molar-refractivity contribution in [3.8, 4) is 0 Å². The Morgan fingerprint density at radius 2 is 2.06 bits per heavy atom. The van der Waals surface area contributed by atoms with Gasteiger partial charge in [-0.25, -0.2) is 0 Å². The maximum Gasteiger partial charge on any atom is 0.416 e. The zero-order chi connectivity index (χ0) is 12.3. The molecule has 0 bridgehead atoms. The predicted octanol–water partition coefficient (Wildman–Crippen LogP) is 1.88. The molecule has 0 aliphatic carbocycles. The average molecular weight is 233 g/mol. The molecule has 2 N–H and O–H groups in total. The van der Waals surface area contributed by atoms with Crippen molar-refractivity contribution >= 4 is 5.97 Å². The average Bonchev–Trinajstić information content (AvgIpc) is 2.26. The lowest BCUT2D eigenvalue weighted by Gasteiger charge is -2.12. The summed E-state index contributed by atoms with van der Waals surface area (Å²) in [5.74, 6) is -0.778. The van der Waals surface area contributed by atoms with Gasteiger partial charge in [0.2, 0.25) is 0 Å². The van der Waals surface area contributed by atoms with E-state index in [4.69, 9.17) is 5.73 Å². The van der Waals surface area contributed by atoms with Gasteiger partial charge >= 0.3 is 12.1 Å². The monoisotopic (exact) mass is 233 g/mol. The highest BCUT2D eigenvalue weighted by atomic mass is 19.4. The third-order valence-electron chi connectivity index (χ3n) is 2.03. The molecule has 0 heterocycles. The minimum absolute atomic E-state index is 0.0710. The number of carbonyl (C=O) groups excluding carboxylic acids is 1. The summed E-state index contributed by atoms with van der Waals surface area (Å²) in [7, 11) is 1.12. The molecule has 6 heteroatoms. The van der Waals surface area contributed by atoms with E-state index in [0.29, 0.717) is 0 Å². The summed E-state index contributed by atoms with van der Waals surface area (Å²) in [4.78, 5) is 11.0. The Labute approximate surface area is 90.0 Å². The number of alkyl halides is 3. The van der Waals surface area contributed by atoms with Gasteiger partial charge < -0.3 is 10.5 Å². The lowest BCUT2D eigenvalue weighted by atomic mass is 10.0. The van der Waals surface area contributed by atoms with Crippen LogP contribution in [0.1, 0.15) is 17.2 Å². The van der Waals surface area contributed by atoms with Crippen molar-refractivity contribution in [3.05, 3.63) is 35.4 Å². The van der Waals surface area contributed by atoms with Gasteiger partial charge in [0, 0.05) is 0 Å². The molecule has 3 nitrogen and oxygen atoms in total. The van der Waals surface area contributed by atoms with Crippen LogP contribution in [0.15, 0.2) is 24.3 Å². The Bertz CT molecular complexity index is 390. The fraction of sp³-hybridized carbons (Fsp3) is 0.300. The summed E-state index contributed by atoms with van der Waals surface area (Å²) in [5, 5.41) is 0. The topological polar surface area (TPSA) is 52.3 Å². The highest BCUT2D eigenvalue weighted by Crippen LogP contribution is 2.30. The van der Waals surface area contributed by atoms with Crippen LogP contribution in [0.4, 0.5) is 13.2 Å². The zero-order valence-corrected chi connectivity index (χ0v) is 8.41. The number of rotatable bonds is 2. The second-order valence-electron chi connectivity index (χ2n) is 3.12. The SMILES string of the molecule is COC(=O)C(N)c1cccc(C(F)(F)F)c1. The predicted molar refractivity (Wildman–Crippen MR) is 50.4 cm³/mol. The second-order valence-corrected chi connectivity index (χ2v) is 3.12. The summed E-state index contributed by atoms with van der Waals surface area (Å²) in [6.45, 7) is 0. The Morgan fingerprint density at radius 1 is 1.44 bits per heavy atom. The maximum atomic E-state index is 12.4. The van der Waals surface area contributed by atoms with Crippen molar-refractivity contribution in [2.24, 2.45) is 5.73 Å². The lowest BCUT2D eigenvalue weighted by molar-refractivity contribution is -0.143. The van der Waals surface area contributed by atoms with Crippen molar-refractivity contribution in [3.63, 3.8) is 0 Å². The fourth-order valence-corrected chi connectivity index (χ4v) is 1.17. The van der Waals surface area contributed by atoms with E-state index in [9.17, 15) is 18.0 Å². The quantitative estimate of drug-likeness (QED) is 0.793. The molecule has 1 aromatic rings. The van der Waals surface area contributed by atoms with E-state index in [-0.39, 0.29) is 5.56 Å². The van der Waals surface area contributed by atoms with Crippen LogP contribution in [0.5, 0.6) is 0 Å². The number of esters is 1. The Balaban J connectivity index is 3.04. The molecule has 0 aliphatic rings. The molecule has 88 valence electrons. The molecule has 0 amide bonds. The number of benzene rings is 1. The van der Waals surface area contributed by atoms with Crippen LogP contribution in [-0.4, -0.2) is 13.1 Å². The first kappa shape index (κ1) is 12.5. The van der Waals surface area contributed by atoms with Gasteiger partial charge in [-0.05, 0) is 17.7 Å². The van der Waals surface area contributed by atoms with Crippen LogP contribution in [-0.2, 0) is 15.7 Å². The minimum atomic E-state index is -4.45. The van der Waals surface area contributed by atoms with Gasteiger partial charge in [-0.3, -0.25) is 4.79 Å². The van der Waals surface area contributed by atoms with E-state index in [1.807, 2.05) is 0 Å². The molecule has 1 aromatic carbocycles. The number of ether oxygens (including phenoxy) is 1. The fourth-order valence-electron chi connectivity index (χ4n) is 1.17. The number of carbonyl (C=O) groups is 1. The highest BCUT2D eigenvalue weighted by Gasteiger charge is 2.31. The third-order valence-corrected chi connectivity index (χ3v) is 2.03. The summed E-state index contributed by atoms with van der Waals surface area (Å²) < 4.78 is 41.4. The van der Waals surface area contributed by atoms with Gasteiger partial charge in [0.25, 0.3) is 0 Å². The molecular weight excluding hydrogens is 223 g/mol. The van der Waals surface area contributed by atoms with Crippen molar-refractivity contribution in [1.29, 1.82) is 0 Å². The molecule has 1 unspecified atom stereocenters. The highest BCUT2D eigenvalue weighted by molar-refractivity contribution is 5.77. The number of halogens is 3. The molecule has 0 radical (unpaired) electrons. The van der Waals surface area contributed by atoms with Crippen LogP contribution in [0.25, 0.3) is 0 Å². The van der Waals surface area contributed by atoms with Crippen molar-refractivity contribution in [2.45, 2.75) is 12.2 Å². The molecule has 0 saturated heterocycles. The summed E-state index contributed by atoms with van der Waals surface area (Å²) in [5.41, 5.74) is 4.65. The molecule has 16 heavy (non-hydrogen) atoms. The van der Waals surface area contributed by atoms with Crippen LogP contribution < -0.4 is 5.73 Å². The number of hydrogen-bond donors (Lipinski definition) is 1. The van der Waals surface area contributed by atoms with Crippen LogP contribution in [0.2, 0.25) is 0 Å². The van der Waals surface area contributed by atoms with Gasteiger partial charge in [-0.1, -0.05) is 12.1 Å². The number of methoxy groups -OCH3 is 1. The maximum absolute atomic E-state index is 12.4. The Kier molecular flexibility index (Phi) is 3.54. The first-order valence-electron chi connectivity index (χ1n) is 4.37. The molecule has 0 aromatic heterocycles. The van der Waals surface area contributed by atoms with Gasteiger partial charge in [-0.2, -0.15) is 13.2 Å². The van der Waals surface area contributed by atoms with Crippen molar-refractivity contribution in [1.82, 2.24) is 0 Å². The molecular formula is C10H10F3NO2. The van der Waals surface area contributed by atoms with E-state index in [1.165, 1.54) is 12.1 Å². The second kappa shape index (κ2) is 4.52. The Morgan fingerprint density at radius 3 is 2.56 bits per heavy atom. The van der Waals surface area contributed by atoms with Gasteiger partial charge in [0.1, 0.15) is 6.04 Å². The van der Waals surface area contributed by atoms with Crippen LogP contribution in [0.3, 0.4) is 0 Å². The van der Waals surface area contributed by atoms with Crippen LogP contribution in [0, 0.1) is 0 Å². The Hall–Kier alpha value is -1.56. The largest absolute Gasteiger partial charge is 0.468 e. The van der Waals surface area contributed by atoms with E-state index in [1.54, 1.807) is 0 Å². The standard InChI is InChI=1S/C10H10F3NO2/c1-16-9(15)8(14)6-3-2-4-7(5-6)10(11,12)13/h2-5,8H,14H2,1H3. The molecule has 0 aliphatic heterocycles. The summed E-state index contributed by atoms with van der Waals surface area (Å²) in [6.07, 6.45) is -4.45. The van der Waals surface area contributed by atoms with E-state index >= 15 is 0 Å². The van der Waals surface area contributed by atoms with E-state index < -0.39 is 23.8 Å². The van der Waals surface area contributed by atoms with Crippen molar-refractivity contribution < 1.29 is 22.7 Å². The first-order chi connectivity index (χ1) is 7.36. The third kappa shape index (κ3) is 2.73. The number of hydrogen-bond acceptors (Lipinski definition) is 3. The lowest BCUT2D eigenvalue weighted by Crippen LogP contribution is -2.23. The number of nitrogens with two attached hydrogens (primary N) is 1. The first-order valence-corrected chi connectivity index (χ1v) is 4.37. The summed E-state index contributed by atoms with van der Waals surface area (Å²) in [6, 6.07) is 3.08. The van der Waals surface area contributed by atoms with E-state index in [0.717, 1.165) is 19.2 Å². The van der Waals surface area contributed by atoms with Crippen molar-refractivity contribution in [2.75, 3.05) is 7.11 Å². The molecule has 1 atom stereocenters. The molecule has 0 spiro atoms. The normalized spacial score (nSPS) is 13.3.